The Morgan fingerprint density at radius 1 is 0.268 bits per heavy atom. The van der Waals surface area contributed by atoms with E-state index < -0.39 is 0 Å². The fourth-order valence-corrected chi connectivity index (χ4v) is 7.52. The van der Waals surface area contributed by atoms with E-state index in [4.69, 9.17) is 19.9 Å². The Hall–Kier alpha value is -7.30. The van der Waals surface area contributed by atoms with Crippen molar-refractivity contribution in [2.75, 3.05) is 0 Å². The summed E-state index contributed by atoms with van der Waals surface area (Å²) in [4.78, 5) is 20.3. The zero-order valence-electron chi connectivity index (χ0n) is 31.3. The van der Waals surface area contributed by atoms with Crippen LogP contribution in [0.1, 0.15) is 11.4 Å². The largest absolute Gasteiger partial charge is 0.258 e. The van der Waals surface area contributed by atoms with E-state index in [9.17, 15) is 0 Å². The predicted octanol–water partition coefficient (Wildman–Crippen LogP) is 13.2. The molecule has 4 nitrogen and oxygen atoms in total. The lowest BCUT2D eigenvalue weighted by Crippen LogP contribution is -2.01. The Morgan fingerprint density at radius 3 is 1.23 bits per heavy atom. The minimum Gasteiger partial charge on any atom is -0.258 e. The van der Waals surface area contributed by atoms with Crippen LogP contribution in [0, 0.1) is 13.8 Å². The van der Waals surface area contributed by atoms with Crippen molar-refractivity contribution in [2.24, 2.45) is 0 Å². The van der Waals surface area contributed by atoms with Crippen LogP contribution in [0.15, 0.2) is 194 Å². The van der Waals surface area contributed by atoms with Crippen molar-refractivity contribution in [3.63, 3.8) is 0 Å². The summed E-state index contributed by atoms with van der Waals surface area (Å²) < 4.78 is 0. The maximum atomic E-state index is 5.20. The normalized spacial score (nSPS) is 11.0. The van der Waals surface area contributed by atoms with E-state index >= 15 is 0 Å². The topological polar surface area (TPSA) is 51.6 Å². The van der Waals surface area contributed by atoms with E-state index in [2.05, 4.69) is 140 Å². The molecular weight excluding hydrogens is 681 g/mol. The van der Waals surface area contributed by atoms with Gasteiger partial charge in [-0.15, -0.1) is 0 Å². The quantitative estimate of drug-likeness (QED) is 0.157. The van der Waals surface area contributed by atoms with Gasteiger partial charge in [-0.3, -0.25) is 4.98 Å². The summed E-state index contributed by atoms with van der Waals surface area (Å²) in [6, 6.07) is 67.8. The van der Waals surface area contributed by atoms with Gasteiger partial charge in [0.15, 0.2) is 17.5 Å². The molecule has 9 rings (SSSR count). The molecular formula is C52H38N4. The highest BCUT2D eigenvalue weighted by Crippen LogP contribution is 2.44. The maximum Gasteiger partial charge on any atom is 0.164 e. The lowest BCUT2D eigenvalue weighted by molar-refractivity contribution is 1.07. The summed E-state index contributed by atoms with van der Waals surface area (Å²) in [5.74, 6) is 1.85. The van der Waals surface area contributed by atoms with E-state index in [0.29, 0.717) is 17.5 Å². The molecule has 56 heavy (non-hydrogen) atoms. The van der Waals surface area contributed by atoms with E-state index in [1.807, 2.05) is 67.6 Å². The summed E-state index contributed by atoms with van der Waals surface area (Å²) in [6.07, 6.45) is 0. The Bertz CT molecular complexity index is 2740. The average molecular weight is 719 g/mol. The monoisotopic (exact) mass is 718 g/mol. The van der Waals surface area contributed by atoms with Crippen LogP contribution in [0.3, 0.4) is 0 Å². The van der Waals surface area contributed by atoms with Crippen LogP contribution in [0.5, 0.6) is 0 Å². The number of rotatable bonds is 8. The lowest BCUT2D eigenvalue weighted by Gasteiger charge is -2.20. The van der Waals surface area contributed by atoms with Crippen LogP contribution >= 0.6 is 0 Å². The first-order chi connectivity index (χ1) is 27.6. The van der Waals surface area contributed by atoms with Crippen molar-refractivity contribution < 1.29 is 0 Å². The highest BCUT2D eigenvalue weighted by Gasteiger charge is 2.21. The summed E-state index contributed by atoms with van der Waals surface area (Å²) in [7, 11) is 0. The second-order valence-corrected chi connectivity index (χ2v) is 13.9. The molecule has 0 aliphatic rings. The molecule has 9 aromatic rings. The molecule has 0 saturated heterocycles. The van der Waals surface area contributed by atoms with Crippen molar-refractivity contribution in [3.05, 3.63) is 206 Å². The van der Waals surface area contributed by atoms with Gasteiger partial charge in [-0.05, 0) is 88.2 Å². The first-order valence-electron chi connectivity index (χ1n) is 18.9. The molecule has 0 saturated carbocycles. The van der Waals surface area contributed by atoms with Gasteiger partial charge >= 0.3 is 0 Å². The van der Waals surface area contributed by atoms with Gasteiger partial charge in [0.25, 0.3) is 0 Å². The van der Waals surface area contributed by atoms with Gasteiger partial charge in [-0.1, -0.05) is 170 Å². The first-order valence-corrected chi connectivity index (χ1v) is 18.9. The van der Waals surface area contributed by atoms with Crippen LogP contribution < -0.4 is 0 Å². The summed E-state index contributed by atoms with van der Waals surface area (Å²) in [5, 5.41) is 0. The summed E-state index contributed by atoms with van der Waals surface area (Å²) in [6.45, 7) is 4.14. The molecule has 0 N–H and O–H groups in total. The fraction of sp³-hybridized carbons (Fsp3) is 0.0385. The Balaban J connectivity index is 1.37. The summed E-state index contributed by atoms with van der Waals surface area (Å²) in [5.41, 5.74) is 15.9. The van der Waals surface area contributed by atoms with Crippen molar-refractivity contribution in [3.8, 4) is 89.8 Å². The standard InChI is InChI=1S/C52H38N4/c1-35-30-31-44(36(2)53-35)48-29-17-28-47(38-20-9-4-10-21-38)49(48)42-32-41(46-27-16-15-26-45(46)37-18-7-3-8-19-37)33-43(34-42)52-55-50(39-22-11-5-12-23-39)54-51(56-52)40-24-13-6-14-25-40/h3-34H,1-2H3. The van der Waals surface area contributed by atoms with Crippen LogP contribution in [0.2, 0.25) is 0 Å². The van der Waals surface area contributed by atoms with Crippen molar-refractivity contribution in [1.82, 2.24) is 19.9 Å². The second kappa shape index (κ2) is 15.2. The fourth-order valence-electron chi connectivity index (χ4n) is 7.52. The molecule has 0 bridgehead atoms. The van der Waals surface area contributed by atoms with Crippen LogP contribution in [0.4, 0.5) is 0 Å². The molecule has 0 fully saturated rings. The Labute approximate surface area is 327 Å². The van der Waals surface area contributed by atoms with Crippen LogP contribution in [0.25, 0.3) is 89.8 Å². The molecule has 266 valence electrons. The third kappa shape index (κ3) is 6.92. The maximum absolute atomic E-state index is 5.20. The molecule has 0 aliphatic carbocycles. The van der Waals surface area contributed by atoms with E-state index in [0.717, 1.165) is 83.7 Å². The molecule has 0 atom stereocenters. The number of hydrogen-bond acceptors (Lipinski definition) is 4. The van der Waals surface area contributed by atoms with Crippen LogP contribution in [-0.4, -0.2) is 19.9 Å². The SMILES string of the molecule is Cc1ccc(-c2cccc(-c3ccccc3)c2-c2cc(-c3nc(-c4ccccc4)nc(-c4ccccc4)n3)cc(-c3ccccc3-c3ccccc3)c2)c(C)n1. The molecule has 4 heteroatoms. The zero-order chi connectivity index (χ0) is 37.8. The van der Waals surface area contributed by atoms with Gasteiger partial charge in [-0.2, -0.15) is 0 Å². The third-order valence-electron chi connectivity index (χ3n) is 10.2. The highest BCUT2D eigenvalue weighted by atomic mass is 15.0. The van der Waals surface area contributed by atoms with Crippen LogP contribution in [-0.2, 0) is 0 Å². The molecule has 7 aromatic carbocycles. The van der Waals surface area contributed by atoms with Crippen molar-refractivity contribution >= 4 is 0 Å². The first kappa shape index (κ1) is 34.5. The second-order valence-electron chi connectivity index (χ2n) is 13.9. The molecule has 2 heterocycles. The van der Waals surface area contributed by atoms with Gasteiger partial charge < -0.3 is 0 Å². The molecule has 2 aromatic heterocycles. The van der Waals surface area contributed by atoms with Gasteiger partial charge in [0, 0.05) is 33.6 Å². The minimum atomic E-state index is 0.602. The third-order valence-corrected chi connectivity index (χ3v) is 10.2. The number of benzene rings is 7. The molecule has 0 aliphatic heterocycles. The molecule has 0 unspecified atom stereocenters. The van der Waals surface area contributed by atoms with Crippen molar-refractivity contribution in [2.45, 2.75) is 13.8 Å². The summed E-state index contributed by atoms with van der Waals surface area (Å²) >= 11 is 0. The lowest BCUT2D eigenvalue weighted by atomic mass is 9.84. The van der Waals surface area contributed by atoms with Gasteiger partial charge in [0.1, 0.15) is 0 Å². The number of nitrogens with zero attached hydrogens (tertiary/aromatic N) is 4. The highest BCUT2D eigenvalue weighted by molar-refractivity contribution is 5.98. The number of aromatic nitrogens is 4. The average Bonchev–Trinajstić information content (AvgIpc) is 3.27. The molecule has 0 amide bonds. The van der Waals surface area contributed by atoms with Gasteiger partial charge in [-0.25, -0.2) is 15.0 Å². The van der Waals surface area contributed by atoms with E-state index in [1.165, 1.54) is 0 Å². The van der Waals surface area contributed by atoms with E-state index in [1.54, 1.807) is 0 Å². The Kier molecular flexibility index (Phi) is 9.36. The predicted molar refractivity (Wildman–Crippen MR) is 231 cm³/mol. The van der Waals surface area contributed by atoms with Gasteiger partial charge in [0.2, 0.25) is 0 Å². The molecule has 0 spiro atoms. The van der Waals surface area contributed by atoms with E-state index in [-0.39, 0.29) is 0 Å². The molecule has 0 radical (unpaired) electrons. The smallest absolute Gasteiger partial charge is 0.164 e. The van der Waals surface area contributed by atoms with Crippen molar-refractivity contribution in [1.29, 1.82) is 0 Å². The Morgan fingerprint density at radius 2 is 0.679 bits per heavy atom. The minimum absolute atomic E-state index is 0.602. The van der Waals surface area contributed by atoms with Gasteiger partial charge in [0.05, 0.1) is 0 Å². The number of aryl methyl sites for hydroxylation is 2. The number of pyridine rings is 1. The number of hydrogen-bond donors (Lipinski definition) is 0. The zero-order valence-corrected chi connectivity index (χ0v) is 31.3.